The lowest BCUT2D eigenvalue weighted by atomic mass is 10.1. The van der Waals surface area contributed by atoms with Gasteiger partial charge in [-0.25, -0.2) is 0 Å². The molecule has 8 aromatic rings. The standard InChI is InChI=1S/C30H17NO2/c1-2-8-18(9-3-1)31-23-12-6-4-11-21(23)27-24(31)16-14-22-28-26(33-30(22)27)17-15-20-19-10-5-7-13-25(19)32-29(20)28/h1-17H. The molecule has 0 radical (unpaired) electrons. The van der Waals surface area contributed by atoms with Crippen LogP contribution in [0.1, 0.15) is 0 Å². The van der Waals surface area contributed by atoms with Crippen molar-refractivity contribution in [2.24, 2.45) is 0 Å². The topological polar surface area (TPSA) is 31.2 Å². The van der Waals surface area contributed by atoms with E-state index >= 15 is 0 Å². The van der Waals surface area contributed by atoms with E-state index < -0.39 is 0 Å². The van der Waals surface area contributed by atoms with Crippen molar-refractivity contribution in [2.75, 3.05) is 0 Å². The molecule has 5 aromatic carbocycles. The van der Waals surface area contributed by atoms with Crippen molar-refractivity contribution in [2.45, 2.75) is 0 Å². The molecule has 0 atom stereocenters. The van der Waals surface area contributed by atoms with Crippen LogP contribution < -0.4 is 0 Å². The fourth-order valence-corrected chi connectivity index (χ4v) is 5.41. The third-order valence-corrected chi connectivity index (χ3v) is 6.80. The zero-order valence-electron chi connectivity index (χ0n) is 17.6. The number of hydrogen-bond acceptors (Lipinski definition) is 2. The van der Waals surface area contributed by atoms with Crippen LogP contribution in [-0.2, 0) is 0 Å². The molecule has 3 heterocycles. The van der Waals surface area contributed by atoms with E-state index in [0.717, 1.165) is 60.5 Å². The van der Waals surface area contributed by atoms with Crippen LogP contribution in [0.4, 0.5) is 0 Å². The molecule has 154 valence electrons. The summed E-state index contributed by atoms with van der Waals surface area (Å²) < 4.78 is 15.2. The van der Waals surface area contributed by atoms with Crippen molar-refractivity contribution >= 4 is 65.7 Å². The maximum atomic E-state index is 6.55. The highest BCUT2D eigenvalue weighted by atomic mass is 16.3. The first-order valence-corrected chi connectivity index (χ1v) is 11.1. The zero-order chi connectivity index (χ0) is 21.5. The second-order valence-corrected chi connectivity index (χ2v) is 8.54. The monoisotopic (exact) mass is 423 g/mol. The molecule has 0 unspecified atom stereocenters. The van der Waals surface area contributed by atoms with Gasteiger partial charge in [0.25, 0.3) is 0 Å². The van der Waals surface area contributed by atoms with Gasteiger partial charge in [-0.1, -0.05) is 54.6 Å². The highest BCUT2D eigenvalue weighted by molar-refractivity contribution is 6.28. The molecular formula is C30H17NO2. The first kappa shape index (κ1) is 17.1. The summed E-state index contributed by atoms with van der Waals surface area (Å²) >= 11 is 0. The minimum absolute atomic E-state index is 0.848. The fraction of sp³-hybridized carbons (Fsp3) is 0. The largest absolute Gasteiger partial charge is 0.455 e. The maximum Gasteiger partial charge on any atom is 0.147 e. The lowest BCUT2D eigenvalue weighted by Gasteiger charge is -2.07. The Bertz CT molecular complexity index is 2020. The van der Waals surface area contributed by atoms with Crippen molar-refractivity contribution in [1.82, 2.24) is 4.57 Å². The molecule has 0 spiro atoms. The average Bonchev–Trinajstić information content (AvgIpc) is 3.53. The summed E-state index contributed by atoms with van der Waals surface area (Å²) in [6, 6.07) is 35.8. The molecular weight excluding hydrogens is 406 g/mol. The minimum Gasteiger partial charge on any atom is -0.455 e. The second kappa shape index (κ2) is 6.05. The van der Waals surface area contributed by atoms with Crippen LogP contribution in [0.3, 0.4) is 0 Å². The number of nitrogens with zero attached hydrogens (tertiary/aromatic N) is 1. The van der Waals surface area contributed by atoms with Gasteiger partial charge < -0.3 is 13.4 Å². The SMILES string of the molecule is c1ccc(-n2c3ccccc3c3c4oc5ccc6c7ccccc7oc6c5c4ccc32)cc1. The van der Waals surface area contributed by atoms with Crippen LogP contribution in [0.25, 0.3) is 71.4 Å². The zero-order valence-corrected chi connectivity index (χ0v) is 17.6. The van der Waals surface area contributed by atoms with Gasteiger partial charge in [0, 0.05) is 27.2 Å². The van der Waals surface area contributed by atoms with Gasteiger partial charge in [-0.15, -0.1) is 0 Å². The van der Waals surface area contributed by atoms with Gasteiger partial charge in [0.05, 0.1) is 21.8 Å². The van der Waals surface area contributed by atoms with E-state index in [-0.39, 0.29) is 0 Å². The highest BCUT2D eigenvalue weighted by Crippen LogP contribution is 2.43. The van der Waals surface area contributed by atoms with Crippen molar-refractivity contribution in [3.05, 3.63) is 103 Å². The number of aromatic nitrogens is 1. The summed E-state index contributed by atoms with van der Waals surface area (Å²) in [4.78, 5) is 0. The Kier molecular flexibility index (Phi) is 3.14. The van der Waals surface area contributed by atoms with E-state index in [1.165, 1.54) is 10.9 Å². The Morgan fingerprint density at radius 3 is 2.03 bits per heavy atom. The molecule has 3 aromatic heterocycles. The molecule has 0 bridgehead atoms. The smallest absolute Gasteiger partial charge is 0.147 e. The maximum absolute atomic E-state index is 6.55. The van der Waals surface area contributed by atoms with Crippen LogP contribution in [-0.4, -0.2) is 4.57 Å². The highest BCUT2D eigenvalue weighted by Gasteiger charge is 2.21. The van der Waals surface area contributed by atoms with Gasteiger partial charge in [-0.3, -0.25) is 0 Å². The van der Waals surface area contributed by atoms with E-state index in [1.807, 2.05) is 18.2 Å². The first-order chi connectivity index (χ1) is 16.4. The fourth-order valence-electron chi connectivity index (χ4n) is 5.41. The Balaban J connectivity index is 1.59. The van der Waals surface area contributed by atoms with Crippen molar-refractivity contribution < 1.29 is 8.83 Å². The Morgan fingerprint density at radius 1 is 0.424 bits per heavy atom. The Hall–Kier alpha value is -4.50. The molecule has 0 amide bonds. The molecule has 0 fully saturated rings. The summed E-state index contributed by atoms with van der Waals surface area (Å²) in [5.41, 5.74) is 6.98. The summed E-state index contributed by atoms with van der Waals surface area (Å²) in [6.45, 7) is 0. The molecule has 0 aliphatic carbocycles. The van der Waals surface area contributed by atoms with E-state index in [9.17, 15) is 0 Å². The normalized spacial score (nSPS) is 12.2. The van der Waals surface area contributed by atoms with Gasteiger partial charge in [0.15, 0.2) is 0 Å². The van der Waals surface area contributed by atoms with Crippen molar-refractivity contribution in [3.8, 4) is 5.69 Å². The molecule has 0 saturated carbocycles. The number of para-hydroxylation sites is 3. The van der Waals surface area contributed by atoms with Crippen molar-refractivity contribution in [3.63, 3.8) is 0 Å². The number of furan rings is 2. The molecule has 3 heteroatoms. The molecule has 0 N–H and O–H groups in total. The summed E-state index contributed by atoms with van der Waals surface area (Å²) in [5.74, 6) is 0. The Labute approximate surface area is 188 Å². The van der Waals surface area contributed by atoms with Crippen LogP contribution >= 0.6 is 0 Å². The van der Waals surface area contributed by atoms with E-state index in [1.54, 1.807) is 0 Å². The minimum atomic E-state index is 0.848. The van der Waals surface area contributed by atoms with E-state index in [4.69, 9.17) is 8.83 Å². The number of hydrogen-bond donors (Lipinski definition) is 0. The van der Waals surface area contributed by atoms with Gasteiger partial charge in [-0.05, 0) is 48.5 Å². The summed E-state index contributed by atoms with van der Waals surface area (Å²) in [5, 5.41) is 6.68. The third-order valence-electron chi connectivity index (χ3n) is 6.80. The van der Waals surface area contributed by atoms with Gasteiger partial charge in [-0.2, -0.15) is 0 Å². The van der Waals surface area contributed by atoms with Gasteiger partial charge >= 0.3 is 0 Å². The Morgan fingerprint density at radius 2 is 1.12 bits per heavy atom. The molecule has 0 aliphatic rings. The van der Waals surface area contributed by atoms with Gasteiger partial charge in [0.1, 0.15) is 22.3 Å². The van der Waals surface area contributed by atoms with Crippen molar-refractivity contribution in [1.29, 1.82) is 0 Å². The summed E-state index contributed by atoms with van der Waals surface area (Å²) in [6.07, 6.45) is 0. The predicted octanol–water partition coefficient (Wildman–Crippen LogP) is 8.58. The number of fused-ring (bicyclic) bond motifs is 11. The molecule has 3 nitrogen and oxygen atoms in total. The van der Waals surface area contributed by atoms with Crippen LogP contribution in [0.15, 0.2) is 112 Å². The quantitative estimate of drug-likeness (QED) is 0.265. The van der Waals surface area contributed by atoms with Crippen LogP contribution in [0.2, 0.25) is 0 Å². The lowest BCUT2D eigenvalue weighted by Crippen LogP contribution is -1.92. The molecule has 8 rings (SSSR count). The molecule has 33 heavy (non-hydrogen) atoms. The number of benzene rings is 5. The summed E-state index contributed by atoms with van der Waals surface area (Å²) in [7, 11) is 0. The van der Waals surface area contributed by atoms with Crippen LogP contribution in [0, 0.1) is 0 Å². The first-order valence-electron chi connectivity index (χ1n) is 11.1. The average molecular weight is 423 g/mol. The van der Waals surface area contributed by atoms with Crippen LogP contribution in [0.5, 0.6) is 0 Å². The second-order valence-electron chi connectivity index (χ2n) is 8.54. The number of rotatable bonds is 1. The predicted molar refractivity (Wildman–Crippen MR) is 135 cm³/mol. The molecule has 0 saturated heterocycles. The third kappa shape index (κ3) is 2.14. The van der Waals surface area contributed by atoms with Gasteiger partial charge in [0.2, 0.25) is 0 Å². The lowest BCUT2D eigenvalue weighted by molar-refractivity contribution is 0.665. The van der Waals surface area contributed by atoms with E-state index in [0.29, 0.717) is 0 Å². The molecule has 0 aliphatic heterocycles. The van der Waals surface area contributed by atoms with E-state index in [2.05, 4.69) is 89.5 Å².